The summed E-state index contributed by atoms with van der Waals surface area (Å²) < 4.78 is 5.36. The topological polar surface area (TPSA) is 131 Å². The second-order valence-corrected chi connectivity index (χ2v) is 12.1. The van der Waals surface area contributed by atoms with E-state index >= 15 is 0 Å². The highest BCUT2D eigenvalue weighted by Gasteiger charge is 2.37. The molecule has 4 N–H and O–H groups in total. The van der Waals surface area contributed by atoms with Gasteiger partial charge in [-0.2, -0.15) is 0 Å². The molecule has 2 unspecified atom stereocenters. The van der Waals surface area contributed by atoms with Gasteiger partial charge in [-0.1, -0.05) is 63.6 Å². The number of unbranched alkanes of at least 4 members (excludes halogenated alkanes) is 3. The first-order chi connectivity index (χ1) is 18.8. The summed E-state index contributed by atoms with van der Waals surface area (Å²) in [6.07, 6.45) is 7.39. The van der Waals surface area contributed by atoms with Gasteiger partial charge >= 0.3 is 6.09 Å². The minimum atomic E-state index is -1.27. The first-order valence-corrected chi connectivity index (χ1v) is 14.8. The number of nitrogens with zero attached hydrogens (tertiary/aromatic N) is 1. The average Bonchev–Trinajstić information content (AvgIpc) is 2.86. The molecule has 2 rings (SSSR count). The highest BCUT2D eigenvalue weighted by molar-refractivity contribution is 5.94. The summed E-state index contributed by atoms with van der Waals surface area (Å²) in [5, 5.41) is 5.75. The van der Waals surface area contributed by atoms with Crippen molar-refractivity contribution in [1.29, 1.82) is 0 Å². The molecule has 0 radical (unpaired) electrons. The first kappa shape index (κ1) is 33.1. The first-order valence-electron chi connectivity index (χ1n) is 14.8. The molecule has 0 aliphatic heterocycles. The number of alkyl carbamates (subject to hydrolysis) is 1. The van der Waals surface area contributed by atoms with Gasteiger partial charge in [-0.3, -0.25) is 14.4 Å². The molecule has 0 spiro atoms. The van der Waals surface area contributed by atoms with Crippen LogP contribution in [-0.4, -0.2) is 52.9 Å². The minimum absolute atomic E-state index is 0.0497. The normalized spacial score (nSPS) is 15.6. The number of nitrogens with two attached hydrogens (primary N) is 1. The number of benzene rings is 1. The highest BCUT2D eigenvalue weighted by Crippen LogP contribution is 2.27. The summed E-state index contributed by atoms with van der Waals surface area (Å²) in [6, 6.07) is 3.63. The van der Waals surface area contributed by atoms with Gasteiger partial charge in [-0.05, 0) is 70.6 Å². The largest absolute Gasteiger partial charge is 0.444 e. The van der Waals surface area contributed by atoms with Crippen LogP contribution in [0.15, 0.2) is 18.2 Å². The van der Waals surface area contributed by atoms with Crippen molar-refractivity contribution in [3.8, 4) is 0 Å². The lowest BCUT2D eigenvalue weighted by Gasteiger charge is -2.36. The van der Waals surface area contributed by atoms with E-state index in [9.17, 15) is 19.2 Å². The Morgan fingerprint density at radius 3 is 2.27 bits per heavy atom. The maximum Gasteiger partial charge on any atom is 0.408 e. The molecule has 1 aliphatic rings. The van der Waals surface area contributed by atoms with Gasteiger partial charge in [-0.15, -0.1) is 0 Å². The van der Waals surface area contributed by atoms with Gasteiger partial charge < -0.3 is 26.0 Å². The highest BCUT2D eigenvalue weighted by atomic mass is 16.6. The van der Waals surface area contributed by atoms with Gasteiger partial charge in [0.15, 0.2) is 0 Å². The van der Waals surface area contributed by atoms with Gasteiger partial charge in [0.25, 0.3) is 0 Å². The zero-order chi connectivity index (χ0) is 29.9. The Bertz CT molecular complexity index is 1010. The van der Waals surface area contributed by atoms with E-state index in [0.29, 0.717) is 18.5 Å². The number of ether oxygens (including phenoxy) is 1. The molecule has 40 heavy (non-hydrogen) atoms. The SMILES string of the molecule is CCCCCCN(C(=O)C(CC(N)=O)NC(=O)OC(C)(C)C)C(C(=O)NC1CCCCC1)c1ccc(C)c(C)c1. The number of amides is 4. The Labute approximate surface area is 240 Å². The Kier molecular flexibility index (Phi) is 12.9. The number of primary amides is 1. The molecule has 0 heterocycles. The van der Waals surface area contributed by atoms with Gasteiger partial charge in [-0.25, -0.2) is 4.79 Å². The van der Waals surface area contributed by atoms with E-state index in [1.165, 1.54) is 4.90 Å². The number of carbonyl (C=O) groups excluding carboxylic acids is 4. The third-order valence-corrected chi connectivity index (χ3v) is 7.29. The number of aryl methyl sites for hydroxylation is 2. The maximum atomic E-state index is 14.2. The molecule has 9 heteroatoms. The van der Waals surface area contributed by atoms with Crippen LogP contribution >= 0.6 is 0 Å². The van der Waals surface area contributed by atoms with E-state index in [-0.39, 0.29) is 11.9 Å². The number of rotatable bonds is 13. The van der Waals surface area contributed by atoms with Crippen molar-refractivity contribution >= 4 is 23.8 Å². The predicted octanol–water partition coefficient (Wildman–Crippen LogP) is 4.97. The predicted molar refractivity (Wildman–Crippen MR) is 156 cm³/mol. The molecular formula is C31H50N4O5. The molecule has 1 fully saturated rings. The van der Waals surface area contributed by atoms with E-state index in [0.717, 1.165) is 62.5 Å². The fraction of sp³-hybridized carbons (Fsp3) is 0.677. The lowest BCUT2D eigenvalue weighted by molar-refractivity contribution is -0.143. The van der Waals surface area contributed by atoms with Crippen molar-refractivity contribution in [1.82, 2.24) is 15.5 Å². The molecule has 224 valence electrons. The number of carbonyl (C=O) groups is 4. The van der Waals surface area contributed by atoms with Crippen molar-refractivity contribution in [2.24, 2.45) is 5.73 Å². The Balaban J connectivity index is 2.51. The summed E-state index contributed by atoms with van der Waals surface area (Å²) in [7, 11) is 0. The molecular weight excluding hydrogens is 508 g/mol. The van der Waals surface area contributed by atoms with E-state index < -0.39 is 42.0 Å². The van der Waals surface area contributed by atoms with Crippen LogP contribution in [0.3, 0.4) is 0 Å². The molecule has 1 aromatic rings. The third-order valence-electron chi connectivity index (χ3n) is 7.29. The van der Waals surface area contributed by atoms with Crippen LogP contribution in [0.4, 0.5) is 4.79 Å². The zero-order valence-electron chi connectivity index (χ0n) is 25.3. The zero-order valence-corrected chi connectivity index (χ0v) is 25.3. The van der Waals surface area contributed by atoms with Crippen molar-refractivity contribution in [2.45, 2.75) is 129 Å². The minimum Gasteiger partial charge on any atom is -0.444 e. The van der Waals surface area contributed by atoms with Gasteiger partial charge in [0.2, 0.25) is 17.7 Å². The van der Waals surface area contributed by atoms with Crippen molar-refractivity contribution < 1.29 is 23.9 Å². The number of hydrogen-bond acceptors (Lipinski definition) is 5. The molecule has 1 saturated carbocycles. The molecule has 4 amide bonds. The lowest BCUT2D eigenvalue weighted by atomic mass is 9.94. The lowest BCUT2D eigenvalue weighted by Crippen LogP contribution is -2.55. The molecule has 0 bridgehead atoms. The van der Waals surface area contributed by atoms with Crippen LogP contribution in [0.1, 0.15) is 115 Å². The Morgan fingerprint density at radius 1 is 1.02 bits per heavy atom. The van der Waals surface area contributed by atoms with Crippen LogP contribution in [0.5, 0.6) is 0 Å². The molecule has 0 saturated heterocycles. The molecule has 9 nitrogen and oxygen atoms in total. The van der Waals surface area contributed by atoms with Gasteiger partial charge in [0.1, 0.15) is 17.7 Å². The third kappa shape index (κ3) is 10.8. The summed E-state index contributed by atoms with van der Waals surface area (Å²) in [5.41, 5.74) is 7.48. The summed E-state index contributed by atoms with van der Waals surface area (Å²) in [5.74, 6) is -1.54. The maximum absolute atomic E-state index is 14.2. The van der Waals surface area contributed by atoms with Crippen LogP contribution < -0.4 is 16.4 Å². The number of nitrogens with one attached hydrogen (secondary N) is 2. The standard InChI is InChI=1S/C31H50N4O5/c1-7-8-9-13-18-35(29(38)25(20-26(32)36)34-30(39)40-31(4,5)6)27(23-17-16-21(2)22(3)19-23)28(37)33-24-14-11-10-12-15-24/h16-17,19,24-25,27H,7-15,18,20H2,1-6H3,(H2,32,36)(H,33,37)(H,34,39). The van der Waals surface area contributed by atoms with E-state index in [2.05, 4.69) is 17.6 Å². The molecule has 2 atom stereocenters. The van der Waals surface area contributed by atoms with Gasteiger partial charge in [0.05, 0.1) is 6.42 Å². The van der Waals surface area contributed by atoms with E-state index in [4.69, 9.17) is 10.5 Å². The summed E-state index contributed by atoms with van der Waals surface area (Å²) in [6.45, 7) is 11.5. The monoisotopic (exact) mass is 558 g/mol. The van der Waals surface area contributed by atoms with E-state index in [1.807, 2.05) is 32.0 Å². The van der Waals surface area contributed by atoms with E-state index in [1.54, 1.807) is 20.8 Å². The Hall–Kier alpha value is -3.10. The summed E-state index contributed by atoms with van der Waals surface area (Å²) >= 11 is 0. The van der Waals surface area contributed by atoms with Crippen molar-refractivity contribution in [3.05, 3.63) is 34.9 Å². The van der Waals surface area contributed by atoms with Gasteiger partial charge in [0, 0.05) is 12.6 Å². The fourth-order valence-electron chi connectivity index (χ4n) is 5.06. The van der Waals surface area contributed by atoms with Crippen molar-refractivity contribution in [3.63, 3.8) is 0 Å². The second kappa shape index (κ2) is 15.6. The second-order valence-electron chi connectivity index (χ2n) is 12.1. The number of hydrogen-bond donors (Lipinski definition) is 3. The molecule has 1 aliphatic carbocycles. The van der Waals surface area contributed by atoms with Crippen molar-refractivity contribution in [2.75, 3.05) is 6.54 Å². The quantitative estimate of drug-likeness (QED) is 0.294. The average molecular weight is 559 g/mol. The Morgan fingerprint density at radius 2 is 1.70 bits per heavy atom. The smallest absolute Gasteiger partial charge is 0.408 e. The fourth-order valence-corrected chi connectivity index (χ4v) is 5.06. The molecule has 0 aromatic heterocycles. The van der Waals surface area contributed by atoms with Crippen LogP contribution in [-0.2, 0) is 19.1 Å². The van der Waals surface area contributed by atoms with Crippen LogP contribution in [0.2, 0.25) is 0 Å². The van der Waals surface area contributed by atoms with Crippen LogP contribution in [0, 0.1) is 13.8 Å². The molecule has 1 aromatic carbocycles. The van der Waals surface area contributed by atoms with Crippen LogP contribution in [0.25, 0.3) is 0 Å². The summed E-state index contributed by atoms with van der Waals surface area (Å²) in [4.78, 5) is 54.3.